The summed E-state index contributed by atoms with van der Waals surface area (Å²) in [7, 11) is 0. The largest absolute Gasteiger partial charge is 0.361 e. The van der Waals surface area contributed by atoms with Crippen molar-refractivity contribution in [2.45, 2.75) is 20.3 Å². The van der Waals surface area contributed by atoms with E-state index in [1.165, 1.54) is 12.1 Å². The quantitative estimate of drug-likeness (QED) is 0.200. The molecule has 8 heteroatoms. The highest BCUT2D eigenvalue weighted by Crippen LogP contribution is 2.21. The molecule has 2 aromatic heterocycles. The van der Waals surface area contributed by atoms with E-state index in [-0.39, 0.29) is 17.7 Å². The lowest BCUT2D eigenvalue weighted by Crippen LogP contribution is -2.37. The number of anilines is 1. The minimum atomic E-state index is -0.311. The molecule has 38 heavy (non-hydrogen) atoms. The van der Waals surface area contributed by atoms with E-state index in [0.29, 0.717) is 24.5 Å². The van der Waals surface area contributed by atoms with Gasteiger partial charge >= 0.3 is 0 Å². The predicted octanol–water partition coefficient (Wildman–Crippen LogP) is 5.82. The minimum Gasteiger partial charge on any atom is -0.361 e. The van der Waals surface area contributed by atoms with Crippen molar-refractivity contribution in [1.82, 2.24) is 20.3 Å². The molecule has 2 heterocycles. The van der Waals surface area contributed by atoms with Crippen molar-refractivity contribution >= 4 is 28.7 Å². The molecule has 0 spiro atoms. The fraction of sp³-hybridized carbons (Fsp3) is 0.133. The second-order valence-electron chi connectivity index (χ2n) is 8.98. The van der Waals surface area contributed by atoms with Crippen molar-refractivity contribution < 1.29 is 9.18 Å². The molecule has 7 nitrogen and oxygen atoms in total. The monoisotopic (exact) mass is 506 g/mol. The van der Waals surface area contributed by atoms with E-state index >= 15 is 0 Å². The molecule has 5 rings (SSSR count). The van der Waals surface area contributed by atoms with Crippen LogP contribution in [0.2, 0.25) is 0 Å². The van der Waals surface area contributed by atoms with Gasteiger partial charge in [0.2, 0.25) is 11.9 Å². The van der Waals surface area contributed by atoms with Crippen molar-refractivity contribution in [2.24, 2.45) is 4.99 Å². The van der Waals surface area contributed by atoms with Gasteiger partial charge in [-0.2, -0.15) is 0 Å². The summed E-state index contributed by atoms with van der Waals surface area (Å²) < 4.78 is 13.8. The number of carbonyl (C=O) groups is 1. The highest BCUT2D eigenvalue weighted by molar-refractivity contribution is 6.09. The molecule has 0 atom stereocenters. The van der Waals surface area contributed by atoms with Crippen molar-refractivity contribution in [1.29, 1.82) is 0 Å². The topological polar surface area (TPSA) is 95.1 Å². The fourth-order valence-corrected chi connectivity index (χ4v) is 4.27. The summed E-state index contributed by atoms with van der Waals surface area (Å²) in [6, 6.07) is 23.9. The van der Waals surface area contributed by atoms with Crippen molar-refractivity contribution in [3.8, 4) is 11.1 Å². The van der Waals surface area contributed by atoms with Crippen molar-refractivity contribution in [2.75, 3.05) is 11.9 Å². The Kier molecular flexibility index (Phi) is 7.21. The van der Waals surface area contributed by atoms with Gasteiger partial charge in [-0.1, -0.05) is 42.5 Å². The van der Waals surface area contributed by atoms with E-state index in [1.807, 2.05) is 68.6 Å². The molecular weight excluding hydrogens is 479 g/mol. The number of nitrogens with one attached hydrogen (secondary N) is 3. The number of aromatic amines is 1. The number of H-pyrrole nitrogens is 1. The third kappa shape index (κ3) is 5.92. The lowest BCUT2D eigenvalue weighted by atomic mass is 10.0. The van der Waals surface area contributed by atoms with E-state index in [0.717, 1.165) is 39.0 Å². The molecule has 0 unspecified atom stereocenters. The molecule has 0 saturated heterocycles. The standard InChI is InChI=1S/C30H27FN6O/c1-19-16-20(2)35-30(34-19)37-29(32-15-14-24-18-33-27-13-12-25(31)17-26(24)27)36-28(38)23-10-8-22(9-11-23)21-6-4-3-5-7-21/h3-13,16-18,33H,14-15H2,1-2H3,(H2,32,34,35,36,37,38). The Balaban J connectivity index is 1.35. The summed E-state index contributed by atoms with van der Waals surface area (Å²) in [5, 5.41) is 6.73. The first-order valence-corrected chi connectivity index (χ1v) is 12.3. The number of fused-ring (bicyclic) bond motifs is 1. The maximum Gasteiger partial charge on any atom is 0.257 e. The number of hydrogen-bond donors (Lipinski definition) is 3. The van der Waals surface area contributed by atoms with Crippen LogP contribution in [-0.2, 0) is 6.42 Å². The fourth-order valence-electron chi connectivity index (χ4n) is 4.27. The zero-order chi connectivity index (χ0) is 26.5. The van der Waals surface area contributed by atoms with E-state index in [1.54, 1.807) is 18.2 Å². The second kappa shape index (κ2) is 11.0. The normalized spacial score (nSPS) is 11.5. The molecule has 1 amide bonds. The summed E-state index contributed by atoms with van der Waals surface area (Å²) in [6.07, 6.45) is 2.40. The first-order valence-electron chi connectivity index (χ1n) is 12.3. The van der Waals surface area contributed by atoms with E-state index in [2.05, 4.69) is 30.6 Å². The molecule has 0 aliphatic rings. The Morgan fingerprint density at radius 3 is 2.37 bits per heavy atom. The molecule has 5 aromatic rings. The Hall–Kier alpha value is -4.85. The van der Waals surface area contributed by atoms with Crippen molar-refractivity contribution in [3.05, 3.63) is 113 Å². The molecular formula is C30H27FN6O. The molecule has 0 aliphatic carbocycles. The van der Waals surface area contributed by atoms with E-state index in [9.17, 15) is 9.18 Å². The Bertz CT molecular complexity index is 1590. The van der Waals surface area contributed by atoms with E-state index in [4.69, 9.17) is 0 Å². The predicted molar refractivity (Wildman–Crippen MR) is 149 cm³/mol. The van der Waals surface area contributed by atoms with Crippen LogP contribution in [0.15, 0.2) is 90.1 Å². The van der Waals surface area contributed by atoms with E-state index < -0.39 is 0 Å². The minimum absolute atomic E-state index is 0.234. The third-order valence-electron chi connectivity index (χ3n) is 6.08. The van der Waals surface area contributed by atoms with Crippen LogP contribution in [0.4, 0.5) is 10.3 Å². The van der Waals surface area contributed by atoms with Crippen molar-refractivity contribution in [3.63, 3.8) is 0 Å². The molecule has 0 aliphatic heterocycles. The molecule has 0 saturated carbocycles. The van der Waals surface area contributed by atoms with Crippen LogP contribution in [0.25, 0.3) is 22.0 Å². The van der Waals surface area contributed by atoms with Crippen LogP contribution in [0.1, 0.15) is 27.3 Å². The average Bonchev–Trinajstić information content (AvgIpc) is 3.30. The number of aryl methyl sites for hydroxylation is 2. The lowest BCUT2D eigenvalue weighted by molar-refractivity contribution is 0.0977. The Morgan fingerprint density at radius 1 is 0.921 bits per heavy atom. The van der Waals surface area contributed by atoms with Crippen LogP contribution in [0, 0.1) is 19.7 Å². The second-order valence-corrected chi connectivity index (χ2v) is 8.98. The van der Waals surface area contributed by atoms with Gasteiger partial charge in [-0.05, 0) is 73.4 Å². The molecule has 0 radical (unpaired) electrons. The highest BCUT2D eigenvalue weighted by Gasteiger charge is 2.12. The lowest BCUT2D eigenvalue weighted by Gasteiger charge is -2.12. The number of halogens is 1. The van der Waals surface area contributed by atoms with Crippen LogP contribution in [0.3, 0.4) is 0 Å². The summed E-state index contributed by atoms with van der Waals surface area (Å²) in [4.78, 5) is 29.7. The summed E-state index contributed by atoms with van der Waals surface area (Å²) in [5.74, 6) is -0.0237. The van der Waals surface area contributed by atoms with Gasteiger partial charge in [0.25, 0.3) is 5.91 Å². The SMILES string of the molecule is Cc1cc(C)nc(NC(=NCCc2c[nH]c3ccc(F)cc23)NC(=O)c2ccc(-c3ccccc3)cc2)n1. The zero-order valence-electron chi connectivity index (χ0n) is 21.1. The maximum atomic E-state index is 13.8. The number of aromatic nitrogens is 3. The Labute approximate surface area is 219 Å². The van der Waals surface area contributed by atoms with Gasteiger partial charge < -0.3 is 4.98 Å². The van der Waals surface area contributed by atoms with Crippen LogP contribution in [0.5, 0.6) is 0 Å². The zero-order valence-corrected chi connectivity index (χ0v) is 21.1. The number of rotatable bonds is 6. The smallest absolute Gasteiger partial charge is 0.257 e. The van der Waals surface area contributed by atoms with Gasteiger partial charge in [0.05, 0.1) is 0 Å². The summed E-state index contributed by atoms with van der Waals surface area (Å²) in [5.41, 5.74) is 5.98. The molecule has 0 fully saturated rings. The van der Waals surface area contributed by atoms with Gasteiger partial charge in [0.1, 0.15) is 5.82 Å². The summed E-state index contributed by atoms with van der Waals surface area (Å²) >= 11 is 0. The van der Waals surface area contributed by atoms with Gasteiger partial charge in [-0.15, -0.1) is 0 Å². The molecule has 3 aromatic carbocycles. The maximum absolute atomic E-state index is 13.8. The molecule has 190 valence electrons. The summed E-state index contributed by atoms with van der Waals surface area (Å²) in [6.45, 7) is 4.10. The van der Waals surface area contributed by atoms with Crippen LogP contribution >= 0.6 is 0 Å². The molecule has 3 N–H and O–H groups in total. The number of carbonyl (C=O) groups excluding carboxylic acids is 1. The number of nitrogens with zero attached hydrogens (tertiary/aromatic N) is 3. The number of hydrogen-bond acceptors (Lipinski definition) is 4. The molecule has 0 bridgehead atoms. The number of amides is 1. The van der Waals surface area contributed by atoms with Gasteiger partial charge in [0, 0.05) is 40.6 Å². The number of guanidine groups is 1. The van der Waals surface area contributed by atoms with Gasteiger partial charge in [0.15, 0.2) is 0 Å². The first-order chi connectivity index (χ1) is 18.4. The highest BCUT2D eigenvalue weighted by atomic mass is 19.1. The average molecular weight is 507 g/mol. The number of aliphatic imine (C=N–C) groups is 1. The third-order valence-corrected chi connectivity index (χ3v) is 6.08. The van der Waals surface area contributed by atoms with Crippen LogP contribution < -0.4 is 10.6 Å². The van der Waals surface area contributed by atoms with Crippen LogP contribution in [-0.4, -0.2) is 33.4 Å². The van der Waals surface area contributed by atoms with Gasteiger partial charge in [-0.25, -0.2) is 14.4 Å². The number of benzene rings is 3. The Morgan fingerprint density at radius 2 is 1.63 bits per heavy atom. The van der Waals surface area contributed by atoms with Gasteiger partial charge in [-0.3, -0.25) is 20.4 Å². The first kappa shape index (κ1) is 24.8.